The molecule has 27 heavy (non-hydrogen) atoms. The quantitative estimate of drug-likeness (QED) is 0.576. The Morgan fingerprint density at radius 3 is 2.48 bits per heavy atom. The van der Waals surface area contributed by atoms with Crippen molar-refractivity contribution in [3.05, 3.63) is 64.5 Å². The Morgan fingerprint density at radius 2 is 1.78 bits per heavy atom. The van der Waals surface area contributed by atoms with E-state index in [2.05, 4.69) is 20.6 Å². The van der Waals surface area contributed by atoms with Gasteiger partial charge in [-0.05, 0) is 74.7 Å². The van der Waals surface area contributed by atoms with Gasteiger partial charge in [0, 0.05) is 16.8 Å². The van der Waals surface area contributed by atoms with Gasteiger partial charge in [-0.15, -0.1) is 10.2 Å². The summed E-state index contributed by atoms with van der Waals surface area (Å²) in [6, 6.07) is 11.6. The second kappa shape index (κ2) is 6.59. The summed E-state index contributed by atoms with van der Waals surface area (Å²) in [5.74, 6) is 0.657. The lowest BCUT2D eigenvalue weighted by Gasteiger charge is -2.10. The molecule has 0 saturated heterocycles. The van der Waals surface area contributed by atoms with Crippen LogP contribution in [-0.2, 0) is 0 Å². The summed E-state index contributed by atoms with van der Waals surface area (Å²) in [5, 5.41) is 16.5. The zero-order chi connectivity index (χ0) is 19.1. The van der Waals surface area contributed by atoms with Crippen molar-refractivity contribution in [2.24, 2.45) is 0 Å². The van der Waals surface area contributed by atoms with Gasteiger partial charge in [-0.3, -0.25) is 4.79 Å². The monoisotopic (exact) mass is 377 g/mol. The number of nitrogens with zero attached hydrogens (tertiary/aromatic N) is 4. The standard InChI is InChI=1S/C20H19N5OS/c1-11-5-6-15(9-12(11)2)18(26)21-17-8-7-16(10-13(17)3)19-24-25-14(4)22-23-20(25)27-19/h5-10H,1-4H3,(H,21,26). The predicted octanol–water partition coefficient (Wildman–Crippen LogP) is 4.34. The van der Waals surface area contributed by atoms with E-state index in [1.807, 2.05) is 64.1 Å². The first-order chi connectivity index (χ1) is 12.9. The number of anilines is 1. The molecule has 1 amide bonds. The zero-order valence-electron chi connectivity index (χ0n) is 15.6. The van der Waals surface area contributed by atoms with Crippen molar-refractivity contribution in [1.29, 1.82) is 0 Å². The number of hydrogen-bond acceptors (Lipinski definition) is 5. The Morgan fingerprint density at radius 1 is 0.963 bits per heavy atom. The first kappa shape index (κ1) is 17.4. The molecule has 4 rings (SSSR count). The SMILES string of the molecule is Cc1ccc(C(=O)Nc2ccc(-c3nn4c(C)nnc4s3)cc2C)cc1C. The molecule has 2 aromatic carbocycles. The molecule has 0 fully saturated rings. The van der Waals surface area contributed by atoms with E-state index >= 15 is 0 Å². The second-order valence-corrected chi connectivity index (χ2v) is 7.59. The van der Waals surface area contributed by atoms with Gasteiger partial charge in [0.05, 0.1) is 0 Å². The fraction of sp³-hybridized carbons (Fsp3) is 0.200. The molecule has 7 heteroatoms. The summed E-state index contributed by atoms with van der Waals surface area (Å²) in [4.78, 5) is 13.3. The highest BCUT2D eigenvalue weighted by molar-refractivity contribution is 7.19. The number of aryl methyl sites for hydroxylation is 4. The van der Waals surface area contributed by atoms with Crippen molar-refractivity contribution >= 4 is 27.9 Å². The molecule has 0 radical (unpaired) electrons. The van der Waals surface area contributed by atoms with Gasteiger partial charge >= 0.3 is 0 Å². The van der Waals surface area contributed by atoms with Gasteiger partial charge in [0.2, 0.25) is 4.96 Å². The fourth-order valence-corrected chi connectivity index (χ4v) is 3.73. The van der Waals surface area contributed by atoms with Gasteiger partial charge in [-0.25, -0.2) is 0 Å². The lowest BCUT2D eigenvalue weighted by Crippen LogP contribution is -2.13. The van der Waals surface area contributed by atoms with E-state index in [0.29, 0.717) is 5.56 Å². The van der Waals surface area contributed by atoms with Crippen LogP contribution in [0.2, 0.25) is 0 Å². The number of hydrogen-bond donors (Lipinski definition) is 1. The number of benzene rings is 2. The van der Waals surface area contributed by atoms with Gasteiger partial charge in [-0.1, -0.05) is 17.4 Å². The number of carbonyl (C=O) groups excluding carboxylic acids is 1. The molecule has 0 bridgehead atoms. The predicted molar refractivity (Wildman–Crippen MR) is 107 cm³/mol. The number of fused-ring (bicyclic) bond motifs is 1. The molecule has 0 spiro atoms. The third kappa shape index (κ3) is 3.21. The molecule has 0 aliphatic rings. The van der Waals surface area contributed by atoms with Crippen molar-refractivity contribution in [3.63, 3.8) is 0 Å². The minimum Gasteiger partial charge on any atom is -0.322 e. The molecule has 2 heterocycles. The molecule has 0 aliphatic heterocycles. The fourth-order valence-electron chi connectivity index (χ4n) is 2.85. The van der Waals surface area contributed by atoms with Gasteiger partial charge in [0.25, 0.3) is 5.91 Å². The summed E-state index contributed by atoms with van der Waals surface area (Å²) < 4.78 is 1.74. The molecule has 4 aromatic rings. The summed E-state index contributed by atoms with van der Waals surface area (Å²) in [6.07, 6.45) is 0. The molecule has 0 saturated carbocycles. The van der Waals surface area contributed by atoms with Crippen LogP contribution in [0.25, 0.3) is 15.5 Å². The van der Waals surface area contributed by atoms with Crippen molar-refractivity contribution in [3.8, 4) is 10.6 Å². The lowest BCUT2D eigenvalue weighted by atomic mass is 10.1. The van der Waals surface area contributed by atoms with Crippen LogP contribution < -0.4 is 5.32 Å². The van der Waals surface area contributed by atoms with Crippen molar-refractivity contribution in [2.75, 3.05) is 5.32 Å². The number of amides is 1. The lowest BCUT2D eigenvalue weighted by molar-refractivity contribution is 0.102. The Kier molecular flexibility index (Phi) is 4.24. The second-order valence-electron chi connectivity index (χ2n) is 6.63. The van der Waals surface area contributed by atoms with Crippen LogP contribution in [-0.4, -0.2) is 25.7 Å². The molecule has 136 valence electrons. The van der Waals surface area contributed by atoms with Gasteiger partial charge in [-0.2, -0.15) is 9.61 Å². The maximum absolute atomic E-state index is 12.6. The highest BCUT2D eigenvalue weighted by Gasteiger charge is 2.13. The van der Waals surface area contributed by atoms with Crippen molar-refractivity contribution in [2.45, 2.75) is 27.7 Å². The third-order valence-electron chi connectivity index (χ3n) is 4.64. The maximum Gasteiger partial charge on any atom is 0.255 e. The highest BCUT2D eigenvalue weighted by atomic mass is 32.1. The normalized spacial score (nSPS) is 11.1. The van der Waals surface area contributed by atoms with E-state index in [1.165, 1.54) is 16.9 Å². The summed E-state index contributed by atoms with van der Waals surface area (Å²) >= 11 is 1.49. The van der Waals surface area contributed by atoms with Gasteiger partial charge < -0.3 is 5.32 Å². The van der Waals surface area contributed by atoms with Gasteiger partial charge in [0.1, 0.15) is 5.01 Å². The Balaban J connectivity index is 1.59. The van der Waals surface area contributed by atoms with Crippen LogP contribution in [0.3, 0.4) is 0 Å². The minimum absolute atomic E-state index is 0.108. The molecule has 0 aliphatic carbocycles. The average molecular weight is 377 g/mol. The highest BCUT2D eigenvalue weighted by Crippen LogP contribution is 2.29. The number of rotatable bonds is 3. The van der Waals surface area contributed by atoms with Gasteiger partial charge in [0.15, 0.2) is 5.82 Å². The van der Waals surface area contributed by atoms with E-state index in [9.17, 15) is 4.79 Å². The first-order valence-electron chi connectivity index (χ1n) is 8.61. The van der Waals surface area contributed by atoms with Crippen LogP contribution in [0.5, 0.6) is 0 Å². The number of aromatic nitrogens is 4. The van der Waals surface area contributed by atoms with Crippen LogP contribution in [0.15, 0.2) is 36.4 Å². The molecule has 2 aromatic heterocycles. The molecule has 1 N–H and O–H groups in total. The van der Waals surface area contributed by atoms with E-state index < -0.39 is 0 Å². The van der Waals surface area contributed by atoms with Crippen LogP contribution in [0.4, 0.5) is 5.69 Å². The van der Waals surface area contributed by atoms with E-state index in [4.69, 9.17) is 0 Å². The van der Waals surface area contributed by atoms with E-state index in [1.54, 1.807) is 4.52 Å². The smallest absolute Gasteiger partial charge is 0.255 e. The van der Waals surface area contributed by atoms with Crippen molar-refractivity contribution < 1.29 is 4.79 Å². The largest absolute Gasteiger partial charge is 0.322 e. The van der Waals surface area contributed by atoms with E-state index in [-0.39, 0.29) is 5.91 Å². The third-order valence-corrected chi connectivity index (χ3v) is 5.59. The Labute approximate surface area is 160 Å². The number of carbonyl (C=O) groups is 1. The van der Waals surface area contributed by atoms with Crippen LogP contribution >= 0.6 is 11.3 Å². The summed E-state index contributed by atoms with van der Waals surface area (Å²) in [7, 11) is 0. The maximum atomic E-state index is 12.6. The summed E-state index contributed by atoms with van der Waals surface area (Å²) in [5.41, 5.74) is 5.70. The molecular weight excluding hydrogens is 358 g/mol. The topological polar surface area (TPSA) is 72.2 Å². The Hall–Kier alpha value is -3.06. The molecule has 0 unspecified atom stereocenters. The number of nitrogens with one attached hydrogen (secondary N) is 1. The first-order valence-corrected chi connectivity index (χ1v) is 9.42. The molecule has 0 atom stereocenters. The average Bonchev–Trinajstić information content (AvgIpc) is 3.21. The molecule has 6 nitrogen and oxygen atoms in total. The zero-order valence-corrected chi connectivity index (χ0v) is 16.4. The van der Waals surface area contributed by atoms with Crippen molar-refractivity contribution in [1.82, 2.24) is 19.8 Å². The van der Waals surface area contributed by atoms with Crippen LogP contribution in [0, 0.1) is 27.7 Å². The van der Waals surface area contributed by atoms with Crippen LogP contribution in [0.1, 0.15) is 32.9 Å². The summed E-state index contributed by atoms with van der Waals surface area (Å²) in [6.45, 7) is 7.90. The van der Waals surface area contributed by atoms with E-state index in [0.717, 1.165) is 38.2 Å². The Bertz CT molecular complexity index is 1170. The molecular formula is C20H19N5OS. The minimum atomic E-state index is -0.108.